The van der Waals surface area contributed by atoms with E-state index in [1.54, 1.807) is 6.08 Å². The molecule has 1 aliphatic rings. The average molecular weight is 233 g/mol. The molecule has 4 heteroatoms. The SMILES string of the molecule is O=C(O)C=Cc1ccc(N2CCOCC2)cc1. The van der Waals surface area contributed by atoms with Crippen LogP contribution in [0, 0.1) is 0 Å². The molecule has 1 aromatic rings. The molecular formula is C13H15NO3. The molecule has 2 rings (SSSR count). The molecule has 0 atom stereocenters. The zero-order valence-corrected chi connectivity index (χ0v) is 9.50. The first kappa shape index (κ1) is 11.7. The second-order valence-corrected chi connectivity index (χ2v) is 3.86. The van der Waals surface area contributed by atoms with Crippen molar-refractivity contribution in [2.45, 2.75) is 0 Å². The van der Waals surface area contributed by atoms with Gasteiger partial charge in [0.25, 0.3) is 0 Å². The number of carboxylic acid groups (broad SMARTS) is 1. The third-order valence-electron chi connectivity index (χ3n) is 2.69. The number of ether oxygens (including phenoxy) is 1. The second-order valence-electron chi connectivity index (χ2n) is 3.86. The molecule has 0 saturated carbocycles. The molecule has 4 nitrogen and oxygen atoms in total. The fraction of sp³-hybridized carbons (Fsp3) is 0.308. The van der Waals surface area contributed by atoms with Crippen LogP contribution in [-0.2, 0) is 9.53 Å². The predicted molar refractivity (Wildman–Crippen MR) is 66.1 cm³/mol. The Morgan fingerprint density at radius 1 is 1.24 bits per heavy atom. The molecule has 1 saturated heterocycles. The van der Waals surface area contributed by atoms with Crippen LogP contribution < -0.4 is 4.90 Å². The van der Waals surface area contributed by atoms with E-state index in [9.17, 15) is 4.79 Å². The van der Waals surface area contributed by atoms with Crippen molar-refractivity contribution in [2.75, 3.05) is 31.2 Å². The molecule has 0 aromatic heterocycles. The van der Waals surface area contributed by atoms with Crippen molar-refractivity contribution in [3.05, 3.63) is 35.9 Å². The van der Waals surface area contributed by atoms with E-state index in [1.165, 1.54) is 0 Å². The van der Waals surface area contributed by atoms with E-state index in [-0.39, 0.29) is 0 Å². The highest BCUT2D eigenvalue weighted by atomic mass is 16.5. The summed E-state index contributed by atoms with van der Waals surface area (Å²) in [4.78, 5) is 12.6. The van der Waals surface area contributed by atoms with Crippen molar-refractivity contribution in [1.29, 1.82) is 0 Å². The molecule has 17 heavy (non-hydrogen) atoms. The number of morpholine rings is 1. The van der Waals surface area contributed by atoms with Crippen LogP contribution in [0.3, 0.4) is 0 Å². The van der Waals surface area contributed by atoms with Gasteiger partial charge in [0.05, 0.1) is 13.2 Å². The highest BCUT2D eigenvalue weighted by Crippen LogP contribution is 2.17. The average Bonchev–Trinajstić information content (AvgIpc) is 2.38. The van der Waals surface area contributed by atoms with E-state index in [0.717, 1.165) is 43.6 Å². The van der Waals surface area contributed by atoms with E-state index in [1.807, 2.05) is 24.3 Å². The zero-order chi connectivity index (χ0) is 12.1. The van der Waals surface area contributed by atoms with Gasteiger partial charge in [0.15, 0.2) is 0 Å². The first-order chi connectivity index (χ1) is 8.25. The highest BCUT2D eigenvalue weighted by molar-refractivity contribution is 5.85. The Balaban J connectivity index is 2.04. The van der Waals surface area contributed by atoms with Crippen LogP contribution in [0.15, 0.2) is 30.3 Å². The van der Waals surface area contributed by atoms with Crippen molar-refractivity contribution in [1.82, 2.24) is 0 Å². The number of aliphatic carboxylic acids is 1. The summed E-state index contributed by atoms with van der Waals surface area (Å²) in [7, 11) is 0. The molecule has 90 valence electrons. The standard InChI is InChI=1S/C13H15NO3/c15-13(16)6-3-11-1-4-12(5-2-11)14-7-9-17-10-8-14/h1-6H,7-10H2,(H,15,16). The summed E-state index contributed by atoms with van der Waals surface area (Å²) in [6.45, 7) is 3.34. The van der Waals surface area contributed by atoms with Gasteiger partial charge in [-0.25, -0.2) is 4.79 Å². The summed E-state index contributed by atoms with van der Waals surface area (Å²) in [5.41, 5.74) is 2.05. The van der Waals surface area contributed by atoms with E-state index >= 15 is 0 Å². The summed E-state index contributed by atoms with van der Waals surface area (Å²) in [6, 6.07) is 7.86. The molecular weight excluding hydrogens is 218 g/mol. The third kappa shape index (κ3) is 3.32. The highest BCUT2D eigenvalue weighted by Gasteiger charge is 2.10. The van der Waals surface area contributed by atoms with Crippen molar-refractivity contribution in [3.8, 4) is 0 Å². The first-order valence-corrected chi connectivity index (χ1v) is 5.59. The maximum absolute atomic E-state index is 10.4. The van der Waals surface area contributed by atoms with Gasteiger partial charge in [0, 0.05) is 24.9 Å². The van der Waals surface area contributed by atoms with Crippen LogP contribution in [0.25, 0.3) is 6.08 Å². The molecule has 0 unspecified atom stereocenters. The lowest BCUT2D eigenvalue weighted by Crippen LogP contribution is -2.36. The number of carbonyl (C=O) groups is 1. The largest absolute Gasteiger partial charge is 0.478 e. The monoisotopic (exact) mass is 233 g/mol. The maximum Gasteiger partial charge on any atom is 0.328 e. The van der Waals surface area contributed by atoms with Gasteiger partial charge >= 0.3 is 5.97 Å². The van der Waals surface area contributed by atoms with Gasteiger partial charge in [-0.3, -0.25) is 0 Å². The van der Waals surface area contributed by atoms with Crippen LogP contribution in [0.2, 0.25) is 0 Å². The van der Waals surface area contributed by atoms with Gasteiger partial charge in [0.1, 0.15) is 0 Å². The van der Waals surface area contributed by atoms with Gasteiger partial charge in [-0.15, -0.1) is 0 Å². The van der Waals surface area contributed by atoms with E-state index in [4.69, 9.17) is 9.84 Å². The number of hydrogen-bond donors (Lipinski definition) is 1. The van der Waals surface area contributed by atoms with Gasteiger partial charge < -0.3 is 14.7 Å². The Bertz CT molecular complexity index is 405. The molecule has 0 aliphatic carbocycles. The number of nitrogens with zero attached hydrogens (tertiary/aromatic N) is 1. The Kier molecular flexibility index (Phi) is 3.77. The van der Waals surface area contributed by atoms with E-state index < -0.39 is 5.97 Å². The van der Waals surface area contributed by atoms with Crippen LogP contribution in [-0.4, -0.2) is 37.4 Å². The summed E-state index contributed by atoms with van der Waals surface area (Å²) in [5, 5.41) is 8.52. The van der Waals surface area contributed by atoms with Crippen molar-refractivity contribution in [2.24, 2.45) is 0 Å². The molecule has 0 radical (unpaired) electrons. The summed E-state index contributed by atoms with van der Waals surface area (Å²) in [5.74, 6) is -0.928. The smallest absolute Gasteiger partial charge is 0.328 e. The Morgan fingerprint density at radius 3 is 2.47 bits per heavy atom. The summed E-state index contributed by atoms with van der Waals surface area (Å²) in [6.07, 6.45) is 2.73. The lowest BCUT2D eigenvalue weighted by molar-refractivity contribution is -0.131. The van der Waals surface area contributed by atoms with E-state index in [2.05, 4.69) is 4.90 Å². The van der Waals surface area contributed by atoms with E-state index in [0.29, 0.717) is 0 Å². The normalized spacial score (nSPS) is 16.4. The second kappa shape index (κ2) is 5.50. The predicted octanol–water partition coefficient (Wildman–Crippen LogP) is 1.62. The summed E-state index contributed by atoms with van der Waals surface area (Å²) >= 11 is 0. The van der Waals surface area contributed by atoms with Crippen molar-refractivity contribution in [3.63, 3.8) is 0 Å². The minimum Gasteiger partial charge on any atom is -0.478 e. The molecule has 1 heterocycles. The molecule has 0 bridgehead atoms. The van der Waals surface area contributed by atoms with Crippen LogP contribution >= 0.6 is 0 Å². The minimum atomic E-state index is -0.928. The Labute approximate surface area is 100 Å². The topological polar surface area (TPSA) is 49.8 Å². The third-order valence-corrected chi connectivity index (χ3v) is 2.69. The number of anilines is 1. The van der Waals surface area contributed by atoms with Crippen molar-refractivity contribution < 1.29 is 14.6 Å². The maximum atomic E-state index is 10.4. The van der Waals surface area contributed by atoms with Gasteiger partial charge in [-0.05, 0) is 23.8 Å². The lowest BCUT2D eigenvalue weighted by Gasteiger charge is -2.28. The molecule has 0 amide bonds. The van der Waals surface area contributed by atoms with Gasteiger partial charge in [-0.2, -0.15) is 0 Å². The quantitative estimate of drug-likeness (QED) is 0.806. The lowest BCUT2D eigenvalue weighted by atomic mass is 10.2. The number of hydrogen-bond acceptors (Lipinski definition) is 3. The van der Waals surface area contributed by atoms with Crippen molar-refractivity contribution >= 4 is 17.7 Å². The molecule has 1 aromatic carbocycles. The number of carboxylic acids is 1. The van der Waals surface area contributed by atoms with Crippen LogP contribution in [0.4, 0.5) is 5.69 Å². The Hall–Kier alpha value is -1.81. The summed E-state index contributed by atoms with van der Waals surface area (Å²) < 4.78 is 5.29. The molecule has 1 aliphatic heterocycles. The Morgan fingerprint density at radius 2 is 1.88 bits per heavy atom. The van der Waals surface area contributed by atoms with Gasteiger partial charge in [-0.1, -0.05) is 12.1 Å². The van der Waals surface area contributed by atoms with Crippen LogP contribution in [0.1, 0.15) is 5.56 Å². The molecule has 1 fully saturated rings. The minimum absolute atomic E-state index is 0.765. The number of rotatable bonds is 3. The zero-order valence-electron chi connectivity index (χ0n) is 9.50. The fourth-order valence-corrected chi connectivity index (χ4v) is 1.79. The fourth-order valence-electron chi connectivity index (χ4n) is 1.79. The van der Waals surface area contributed by atoms with Gasteiger partial charge in [0.2, 0.25) is 0 Å². The van der Waals surface area contributed by atoms with Crippen LogP contribution in [0.5, 0.6) is 0 Å². The molecule has 0 spiro atoms. The number of benzene rings is 1. The first-order valence-electron chi connectivity index (χ1n) is 5.59. The molecule has 1 N–H and O–H groups in total.